The molecule has 37 heavy (non-hydrogen) atoms. The van der Waals surface area contributed by atoms with Crippen molar-refractivity contribution in [2.24, 2.45) is 0 Å². The molecule has 0 saturated heterocycles. The number of amides is 4. The number of halogens is 4. The van der Waals surface area contributed by atoms with Gasteiger partial charge in [0.25, 0.3) is 11.8 Å². The fourth-order valence-corrected chi connectivity index (χ4v) is 2.66. The number of rotatable bonds is 8. The van der Waals surface area contributed by atoms with Gasteiger partial charge in [0.15, 0.2) is 0 Å². The first-order valence-corrected chi connectivity index (χ1v) is 10.8. The molecule has 3 N–H and O–H groups in total. The summed E-state index contributed by atoms with van der Waals surface area (Å²) in [6, 6.07) is 5.86. The molecule has 0 aliphatic carbocycles. The molecule has 0 saturated carbocycles. The molecular formula is C22H20ClF3N4O7. The number of anilines is 1. The van der Waals surface area contributed by atoms with Gasteiger partial charge in [-0.15, -0.1) is 0 Å². The molecule has 2 rings (SSSR count). The van der Waals surface area contributed by atoms with Crippen LogP contribution < -0.4 is 20.7 Å². The molecule has 0 radical (unpaired) electrons. The van der Waals surface area contributed by atoms with Crippen molar-refractivity contribution in [3.63, 3.8) is 0 Å². The van der Waals surface area contributed by atoms with Crippen molar-refractivity contribution in [2.75, 3.05) is 18.5 Å². The van der Waals surface area contributed by atoms with E-state index in [-0.39, 0.29) is 35.6 Å². The van der Waals surface area contributed by atoms with Crippen molar-refractivity contribution in [3.8, 4) is 11.6 Å². The minimum Gasteiger partial charge on any atom is -0.450 e. The number of benzene rings is 1. The fourth-order valence-electron chi connectivity index (χ4n) is 2.44. The van der Waals surface area contributed by atoms with Crippen molar-refractivity contribution in [2.45, 2.75) is 20.0 Å². The molecule has 2 aromatic rings. The van der Waals surface area contributed by atoms with Crippen LogP contribution in [0.1, 0.15) is 19.4 Å². The van der Waals surface area contributed by atoms with Crippen molar-refractivity contribution < 1.29 is 46.6 Å². The molecule has 198 valence electrons. The molecule has 0 bridgehead atoms. The van der Waals surface area contributed by atoms with E-state index in [9.17, 15) is 32.3 Å². The van der Waals surface area contributed by atoms with Gasteiger partial charge in [-0.1, -0.05) is 11.6 Å². The van der Waals surface area contributed by atoms with E-state index in [4.69, 9.17) is 16.3 Å². The quantitative estimate of drug-likeness (QED) is 0.250. The number of nitrogens with one attached hydrogen (secondary N) is 3. The Bertz CT molecular complexity index is 1150. The number of nitrogens with zero attached hydrogens (tertiary/aromatic N) is 1. The number of ether oxygens (including phenoxy) is 3. The summed E-state index contributed by atoms with van der Waals surface area (Å²) in [6.07, 6.45) is -5.29. The molecule has 15 heteroatoms. The molecular weight excluding hydrogens is 525 g/mol. The molecule has 4 amide bonds. The van der Waals surface area contributed by atoms with Gasteiger partial charge in [-0.3, -0.25) is 20.2 Å². The van der Waals surface area contributed by atoms with E-state index in [0.29, 0.717) is 6.20 Å². The van der Waals surface area contributed by atoms with Crippen molar-refractivity contribution in [3.05, 3.63) is 58.9 Å². The highest BCUT2D eigenvalue weighted by molar-refractivity contribution is 6.32. The van der Waals surface area contributed by atoms with Crippen molar-refractivity contribution in [1.29, 1.82) is 0 Å². The SMILES string of the molecule is CCOC(=O)NC(=O)C(=CNc1ccc(Oc2ccc(C(F)(F)F)cn2)c(Cl)c1)C(=O)NC(=O)OCC. The highest BCUT2D eigenvalue weighted by atomic mass is 35.5. The van der Waals surface area contributed by atoms with E-state index < -0.39 is 41.3 Å². The fraction of sp³-hybridized carbons (Fsp3) is 0.227. The summed E-state index contributed by atoms with van der Waals surface area (Å²) in [5.41, 5.74) is -1.42. The lowest BCUT2D eigenvalue weighted by Crippen LogP contribution is -2.40. The zero-order valence-electron chi connectivity index (χ0n) is 19.3. The molecule has 1 aromatic carbocycles. The summed E-state index contributed by atoms with van der Waals surface area (Å²) >= 11 is 6.16. The third kappa shape index (κ3) is 9.00. The minimum absolute atomic E-state index is 0.00593. The maximum atomic E-state index is 12.7. The Hall–Kier alpha value is -4.33. The lowest BCUT2D eigenvalue weighted by molar-refractivity contribution is -0.137. The van der Waals surface area contributed by atoms with Crippen LogP contribution in [-0.2, 0) is 25.2 Å². The normalized spacial score (nSPS) is 10.5. The van der Waals surface area contributed by atoms with Crippen LogP contribution in [0.3, 0.4) is 0 Å². The first-order valence-electron chi connectivity index (χ1n) is 10.4. The second-order valence-corrected chi connectivity index (χ2v) is 7.09. The molecule has 0 spiro atoms. The summed E-state index contributed by atoms with van der Waals surface area (Å²) in [4.78, 5) is 51.5. The number of carbonyl (C=O) groups is 4. The number of alkyl halides is 3. The maximum absolute atomic E-state index is 12.7. The zero-order valence-corrected chi connectivity index (χ0v) is 20.0. The van der Waals surface area contributed by atoms with Gasteiger partial charge in [0.05, 0.1) is 23.8 Å². The van der Waals surface area contributed by atoms with E-state index in [1.165, 1.54) is 32.0 Å². The van der Waals surface area contributed by atoms with Gasteiger partial charge in [0.2, 0.25) is 5.88 Å². The van der Waals surface area contributed by atoms with Crippen molar-refractivity contribution >= 4 is 41.3 Å². The largest absolute Gasteiger partial charge is 0.450 e. The summed E-state index contributed by atoms with van der Waals surface area (Å²) < 4.78 is 52.6. The van der Waals surface area contributed by atoms with E-state index in [1.807, 2.05) is 10.6 Å². The van der Waals surface area contributed by atoms with Gasteiger partial charge < -0.3 is 19.5 Å². The molecule has 0 atom stereocenters. The molecule has 1 aromatic heterocycles. The number of carbonyl (C=O) groups excluding carboxylic acids is 4. The average molecular weight is 545 g/mol. The Labute approximate surface area is 212 Å². The van der Waals surface area contributed by atoms with E-state index in [0.717, 1.165) is 18.3 Å². The highest BCUT2D eigenvalue weighted by Crippen LogP contribution is 2.33. The molecule has 11 nitrogen and oxygen atoms in total. The van der Waals surface area contributed by atoms with Crippen LogP contribution in [0.4, 0.5) is 28.4 Å². The third-order valence-corrected chi connectivity index (χ3v) is 4.36. The van der Waals surface area contributed by atoms with Crippen LogP contribution in [0, 0.1) is 0 Å². The summed E-state index contributed by atoms with van der Waals surface area (Å²) in [7, 11) is 0. The summed E-state index contributed by atoms with van der Waals surface area (Å²) in [5, 5.41) is 6.24. The van der Waals surface area contributed by atoms with Crippen LogP contribution >= 0.6 is 11.6 Å². The lowest BCUT2D eigenvalue weighted by atomic mass is 10.2. The monoisotopic (exact) mass is 544 g/mol. The van der Waals surface area contributed by atoms with Gasteiger partial charge in [-0.25, -0.2) is 14.6 Å². The van der Waals surface area contributed by atoms with Gasteiger partial charge in [0, 0.05) is 24.2 Å². The Balaban J connectivity index is 2.19. The van der Waals surface area contributed by atoms with Crippen LogP contribution in [0.15, 0.2) is 48.3 Å². The molecule has 0 unspecified atom stereocenters. The Kier molecular flexibility index (Phi) is 10.2. The first-order chi connectivity index (χ1) is 17.4. The lowest BCUT2D eigenvalue weighted by Gasteiger charge is -2.11. The number of imide groups is 2. The number of alkyl carbamates (subject to hydrolysis) is 2. The summed E-state index contributed by atoms with van der Waals surface area (Å²) in [6.45, 7) is 2.92. The molecule has 0 fully saturated rings. The highest BCUT2D eigenvalue weighted by Gasteiger charge is 2.30. The Morgan fingerprint density at radius 3 is 2.03 bits per heavy atom. The van der Waals surface area contributed by atoms with Gasteiger partial charge in [-0.2, -0.15) is 13.2 Å². The van der Waals surface area contributed by atoms with Crippen LogP contribution in [0.5, 0.6) is 11.6 Å². The average Bonchev–Trinajstić information content (AvgIpc) is 2.81. The Morgan fingerprint density at radius 2 is 1.57 bits per heavy atom. The van der Waals surface area contributed by atoms with E-state index >= 15 is 0 Å². The molecule has 1 heterocycles. The van der Waals surface area contributed by atoms with Gasteiger partial charge in [-0.05, 0) is 38.1 Å². The number of hydrogen-bond acceptors (Lipinski definition) is 9. The molecule has 0 aliphatic heterocycles. The van der Waals surface area contributed by atoms with E-state index in [2.05, 4.69) is 19.8 Å². The predicted molar refractivity (Wildman–Crippen MR) is 123 cm³/mol. The topological polar surface area (TPSA) is 145 Å². The van der Waals surface area contributed by atoms with Crippen LogP contribution in [0.2, 0.25) is 5.02 Å². The smallest absolute Gasteiger partial charge is 0.417 e. The second kappa shape index (κ2) is 13.1. The predicted octanol–water partition coefficient (Wildman–Crippen LogP) is 4.39. The summed E-state index contributed by atoms with van der Waals surface area (Å²) in [5.74, 6) is -2.48. The Morgan fingerprint density at radius 1 is 0.973 bits per heavy atom. The zero-order chi connectivity index (χ0) is 27.6. The minimum atomic E-state index is -4.55. The van der Waals surface area contributed by atoms with Gasteiger partial charge >= 0.3 is 18.4 Å². The second-order valence-electron chi connectivity index (χ2n) is 6.68. The van der Waals surface area contributed by atoms with Crippen LogP contribution in [-0.4, -0.2) is 42.2 Å². The van der Waals surface area contributed by atoms with Crippen molar-refractivity contribution in [1.82, 2.24) is 15.6 Å². The molecule has 0 aliphatic rings. The van der Waals surface area contributed by atoms with E-state index in [1.54, 1.807) is 0 Å². The number of aromatic nitrogens is 1. The number of pyridine rings is 1. The first kappa shape index (κ1) is 28.9. The standard InChI is InChI=1S/C22H20ClF3N4O7/c1-3-35-20(33)29-18(31)14(19(32)30-21(34)36-4-2)11-27-13-6-7-16(15(23)9-13)37-17-8-5-12(10-28-17)22(24,25)26/h5-11,27H,3-4H2,1-2H3,(H,29,31,33)(H,30,32,34). The third-order valence-electron chi connectivity index (χ3n) is 4.06. The number of hydrogen-bond donors (Lipinski definition) is 3. The maximum Gasteiger partial charge on any atom is 0.417 e. The van der Waals surface area contributed by atoms with Gasteiger partial charge in [0.1, 0.15) is 11.3 Å². The van der Waals surface area contributed by atoms with Crippen LogP contribution in [0.25, 0.3) is 0 Å².